The average molecular weight is 306 g/mol. The van der Waals surface area contributed by atoms with E-state index < -0.39 is 0 Å². The molecular formula is C19H16P2. The van der Waals surface area contributed by atoms with Crippen molar-refractivity contribution < 1.29 is 0 Å². The molecule has 3 aromatic carbocycles. The van der Waals surface area contributed by atoms with Crippen molar-refractivity contribution in [3.8, 4) is 11.8 Å². The summed E-state index contributed by atoms with van der Waals surface area (Å²) in [6.07, 6.45) is 0.989. The molecule has 3 aromatic rings. The SMILES string of the molecule is PCc1ccc2cc(C#Cc3ccc(P)cc3)ccc2c1. The minimum atomic E-state index is 0.989. The monoisotopic (exact) mass is 306 g/mol. The van der Waals surface area contributed by atoms with Crippen molar-refractivity contribution in [1.29, 1.82) is 0 Å². The summed E-state index contributed by atoms with van der Waals surface area (Å²) in [6.45, 7) is 0. The highest BCUT2D eigenvalue weighted by Crippen LogP contribution is 2.19. The Labute approximate surface area is 130 Å². The predicted octanol–water partition coefficient (Wildman–Crippen LogP) is 4.12. The standard InChI is InChI=1S/C19H16P2/c20-13-16-4-8-17-11-15(3-7-18(17)12-16)2-1-14-5-9-19(21)10-6-14/h3-12H,13,20-21H2. The molecule has 0 aliphatic carbocycles. The number of rotatable bonds is 1. The van der Waals surface area contributed by atoms with Crippen molar-refractivity contribution in [2.75, 3.05) is 0 Å². The van der Waals surface area contributed by atoms with Crippen LogP contribution in [0.1, 0.15) is 16.7 Å². The van der Waals surface area contributed by atoms with Gasteiger partial charge in [-0.2, -0.15) is 0 Å². The summed E-state index contributed by atoms with van der Waals surface area (Å²) in [5, 5.41) is 3.69. The van der Waals surface area contributed by atoms with E-state index in [0.29, 0.717) is 0 Å². The molecular weight excluding hydrogens is 290 g/mol. The lowest BCUT2D eigenvalue weighted by atomic mass is 10.0. The fourth-order valence-electron chi connectivity index (χ4n) is 2.21. The Morgan fingerprint density at radius 1 is 0.714 bits per heavy atom. The molecule has 0 aliphatic rings. The van der Waals surface area contributed by atoms with Crippen LogP contribution in [0, 0.1) is 11.8 Å². The van der Waals surface area contributed by atoms with Gasteiger partial charge < -0.3 is 0 Å². The summed E-state index contributed by atoms with van der Waals surface area (Å²) in [6, 6.07) is 21.2. The third-order valence-electron chi connectivity index (χ3n) is 3.40. The van der Waals surface area contributed by atoms with Crippen LogP contribution in [0.4, 0.5) is 0 Å². The van der Waals surface area contributed by atoms with Crippen molar-refractivity contribution in [3.63, 3.8) is 0 Å². The summed E-state index contributed by atoms with van der Waals surface area (Å²) in [5.41, 5.74) is 3.43. The lowest BCUT2D eigenvalue weighted by Gasteiger charge is -2.01. The van der Waals surface area contributed by atoms with Gasteiger partial charge >= 0.3 is 0 Å². The van der Waals surface area contributed by atoms with Crippen molar-refractivity contribution >= 4 is 34.6 Å². The zero-order chi connectivity index (χ0) is 14.7. The molecule has 2 unspecified atom stereocenters. The topological polar surface area (TPSA) is 0 Å². The summed E-state index contributed by atoms with van der Waals surface area (Å²) in [5.74, 6) is 6.45. The van der Waals surface area contributed by atoms with E-state index in [4.69, 9.17) is 0 Å². The van der Waals surface area contributed by atoms with E-state index in [9.17, 15) is 0 Å². The van der Waals surface area contributed by atoms with E-state index in [1.165, 1.54) is 21.6 Å². The largest absolute Gasteiger partial charge is 0.133 e. The minimum Gasteiger partial charge on any atom is -0.133 e. The maximum Gasteiger partial charge on any atom is 0.0255 e. The second-order valence-corrected chi connectivity index (χ2v) is 6.05. The molecule has 0 spiro atoms. The van der Waals surface area contributed by atoms with Gasteiger partial charge in [0.2, 0.25) is 0 Å². The zero-order valence-electron chi connectivity index (χ0n) is 11.6. The van der Waals surface area contributed by atoms with E-state index in [0.717, 1.165) is 17.3 Å². The molecule has 3 rings (SSSR count). The van der Waals surface area contributed by atoms with Crippen LogP contribution in [-0.4, -0.2) is 0 Å². The Hall–Kier alpha value is -1.66. The van der Waals surface area contributed by atoms with E-state index in [-0.39, 0.29) is 0 Å². The van der Waals surface area contributed by atoms with Gasteiger partial charge in [-0.25, -0.2) is 0 Å². The molecule has 0 amide bonds. The highest BCUT2D eigenvalue weighted by atomic mass is 31.0. The Morgan fingerprint density at radius 3 is 2.10 bits per heavy atom. The summed E-state index contributed by atoms with van der Waals surface area (Å²) in [7, 11) is 5.45. The molecule has 0 radical (unpaired) electrons. The van der Waals surface area contributed by atoms with E-state index in [1.807, 2.05) is 12.1 Å². The van der Waals surface area contributed by atoms with Crippen LogP contribution in [-0.2, 0) is 6.16 Å². The van der Waals surface area contributed by atoms with Crippen LogP contribution >= 0.6 is 18.5 Å². The van der Waals surface area contributed by atoms with E-state index in [2.05, 4.69) is 78.9 Å². The van der Waals surface area contributed by atoms with E-state index in [1.54, 1.807) is 0 Å². The first-order chi connectivity index (χ1) is 10.2. The Kier molecular flexibility index (Phi) is 4.36. The summed E-state index contributed by atoms with van der Waals surface area (Å²) >= 11 is 0. The lowest BCUT2D eigenvalue weighted by Crippen LogP contribution is -1.87. The first-order valence-corrected chi connectivity index (χ1v) is 8.24. The minimum absolute atomic E-state index is 0.989. The Balaban J connectivity index is 1.93. The van der Waals surface area contributed by atoms with Crippen molar-refractivity contribution in [2.24, 2.45) is 0 Å². The van der Waals surface area contributed by atoms with Gasteiger partial charge in [-0.15, -0.1) is 18.5 Å². The summed E-state index contributed by atoms with van der Waals surface area (Å²) < 4.78 is 0. The first-order valence-electron chi connectivity index (χ1n) is 6.85. The quantitative estimate of drug-likeness (QED) is 0.469. The smallest absolute Gasteiger partial charge is 0.0255 e. The molecule has 102 valence electrons. The maximum atomic E-state index is 3.24. The third kappa shape index (κ3) is 3.51. The number of hydrogen-bond donors (Lipinski definition) is 0. The summed E-state index contributed by atoms with van der Waals surface area (Å²) in [4.78, 5) is 0. The first kappa shape index (κ1) is 14.3. The van der Waals surface area contributed by atoms with Gasteiger partial charge in [0.05, 0.1) is 0 Å². The molecule has 21 heavy (non-hydrogen) atoms. The van der Waals surface area contributed by atoms with Crippen LogP contribution < -0.4 is 5.30 Å². The Morgan fingerprint density at radius 2 is 1.33 bits per heavy atom. The van der Waals surface area contributed by atoms with Gasteiger partial charge in [-0.1, -0.05) is 48.2 Å². The van der Waals surface area contributed by atoms with Crippen LogP contribution in [0.5, 0.6) is 0 Å². The van der Waals surface area contributed by atoms with Gasteiger partial charge in [0, 0.05) is 11.1 Å². The molecule has 0 aliphatic heterocycles. The van der Waals surface area contributed by atoms with Crippen LogP contribution in [0.15, 0.2) is 60.7 Å². The van der Waals surface area contributed by atoms with Crippen LogP contribution in [0.2, 0.25) is 0 Å². The number of benzene rings is 3. The molecule has 0 fully saturated rings. The molecule has 0 saturated carbocycles. The fraction of sp³-hybridized carbons (Fsp3) is 0.0526. The van der Waals surface area contributed by atoms with Gasteiger partial charge in [-0.05, 0) is 52.1 Å². The predicted molar refractivity (Wildman–Crippen MR) is 99.1 cm³/mol. The van der Waals surface area contributed by atoms with Crippen molar-refractivity contribution in [3.05, 3.63) is 77.4 Å². The normalized spacial score (nSPS) is 10.2. The third-order valence-corrected chi connectivity index (χ3v) is 4.26. The number of fused-ring (bicyclic) bond motifs is 1. The lowest BCUT2D eigenvalue weighted by molar-refractivity contribution is 1.44. The Bertz CT molecular complexity index is 837. The molecule has 0 aromatic heterocycles. The average Bonchev–Trinajstić information content (AvgIpc) is 2.53. The van der Waals surface area contributed by atoms with Gasteiger partial charge in [-0.3, -0.25) is 0 Å². The number of hydrogen-bond acceptors (Lipinski definition) is 0. The molecule has 0 bridgehead atoms. The molecule has 0 N–H and O–H groups in total. The van der Waals surface area contributed by atoms with E-state index >= 15 is 0 Å². The molecule has 2 heteroatoms. The van der Waals surface area contributed by atoms with Crippen molar-refractivity contribution in [1.82, 2.24) is 0 Å². The van der Waals surface area contributed by atoms with Crippen molar-refractivity contribution in [2.45, 2.75) is 6.16 Å². The maximum absolute atomic E-state index is 3.24. The molecule has 0 heterocycles. The van der Waals surface area contributed by atoms with Gasteiger partial charge in [0.15, 0.2) is 0 Å². The zero-order valence-corrected chi connectivity index (χ0v) is 13.9. The fourth-order valence-corrected chi connectivity index (χ4v) is 2.66. The van der Waals surface area contributed by atoms with Gasteiger partial charge in [0.1, 0.15) is 0 Å². The van der Waals surface area contributed by atoms with Gasteiger partial charge in [0.25, 0.3) is 0 Å². The van der Waals surface area contributed by atoms with Crippen LogP contribution in [0.25, 0.3) is 10.8 Å². The van der Waals surface area contributed by atoms with Crippen LogP contribution in [0.3, 0.4) is 0 Å². The highest BCUT2D eigenvalue weighted by molar-refractivity contribution is 7.27. The molecule has 2 atom stereocenters. The second kappa shape index (κ2) is 6.41. The highest BCUT2D eigenvalue weighted by Gasteiger charge is 1.96. The second-order valence-electron chi connectivity index (χ2n) is 4.97. The molecule has 0 saturated heterocycles. The molecule has 0 nitrogen and oxygen atoms in total.